The Morgan fingerprint density at radius 2 is 1.54 bits per heavy atom. The molecular formula is C19H26N8O. The van der Waals surface area contributed by atoms with E-state index in [1.807, 2.05) is 17.9 Å². The number of aryl methyl sites for hydroxylation is 1. The molecule has 148 valence electrons. The van der Waals surface area contributed by atoms with Crippen molar-refractivity contribution in [3.05, 3.63) is 36.0 Å². The molecule has 28 heavy (non-hydrogen) atoms. The number of anilines is 2. The summed E-state index contributed by atoms with van der Waals surface area (Å²) in [4.78, 5) is 39.1. The molecule has 4 rings (SSSR count). The first-order valence-electron chi connectivity index (χ1n) is 9.70. The van der Waals surface area contributed by atoms with Gasteiger partial charge in [0.2, 0.25) is 5.95 Å². The summed E-state index contributed by atoms with van der Waals surface area (Å²) in [6.07, 6.45) is 3.48. The molecule has 2 saturated heterocycles. The van der Waals surface area contributed by atoms with Crippen LogP contribution < -0.4 is 9.80 Å². The summed E-state index contributed by atoms with van der Waals surface area (Å²) in [7, 11) is 2.12. The summed E-state index contributed by atoms with van der Waals surface area (Å²) in [6, 6.07) is 3.64. The Labute approximate surface area is 165 Å². The largest absolute Gasteiger partial charge is 0.354 e. The van der Waals surface area contributed by atoms with Crippen molar-refractivity contribution < 1.29 is 4.79 Å². The van der Waals surface area contributed by atoms with Crippen LogP contribution in [0.2, 0.25) is 0 Å². The summed E-state index contributed by atoms with van der Waals surface area (Å²) in [5.41, 5.74) is 0.478. The Kier molecular flexibility index (Phi) is 5.34. The number of likely N-dealkylation sites (N-methyl/N-ethyl adjacent to an activating group) is 1. The molecule has 0 atom stereocenters. The number of carbonyl (C=O) groups is 1. The minimum atomic E-state index is -0.0329. The van der Waals surface area contributed by atoms with Gasteiger partial charge in [0.15, 0.2) is 0 Å². The number of piperazine rings is 2. The molecule has 1 amide bonds. The molecule has 0 N–H and O–H groups in total. The van der Waals surface area contributed by atoms with Crippen LogP contribution in [0.25, 0.3) is 0 Å². The predicted molar refractivity (Wildman–Crippen MR) is 107 cm³/mol. The monoisotopic (exact) mass is 382 g/mol. The molecule has 0 saturated carbocycles. The summed E-state index contributed by atoms with van der Waals surface area (Å²) in [6.45, 7) is 8.35. The third-order valence-electron chi connectivity index (χ3n) is 5.27. The van der Waals surface area contributed by atoms with Gasteiger partial charge in [-0.1, -0.05) is 0 Å². The van der Waals surface area contributed by atoms with Gasteiger partial charge in [-0.2, -0.15) is 0 Å². The second-order valence-corrected chi connectivity index (χ2v) is 7.28. The molecular weight excluding hydrogens is 356 g/mol. The molecule has 0 aromatic carbocycles. The van der Waals surface area contributed by atoms with Crippen LogP contribution in [-0.4, -0.2) is 95.0 Å². The Hall–Kier alpha value is -2.81. The van der Waals surface area contributed by atoms with E-state index in [0.717, 1.165) is 32.0 Å². The molecule has 2 fully saturated rings. The Morgan fingerprint density at radius 3 is 2.21 bits per heavy atom. The molecule has 9 heteroatoms. The lowest BCUT2D eigenvalue weighted by Gasteiger charge is -2.35. The third-order valence-corrected chi connectivity index (χ3v) is 5.27. The SMILES string of the molecule is Cc1nc(C(=O)N2CCN(c3ncccn3)CC2)cc(N2CCN(C)CC2)n1. The predicted octanol–water partition coefficient (Wildman–Crippen LogP) is 0.289. The number of hydrogen-bond acceptors (Lipinski definition) is 8. The Morgan fingerprint density at radius 1 is 0.893 bits per heavy atom. The zero-order valence-corrected chi connectivity index (χ0v) is 16.5. The maximum absolute atomic E-state index is 13.0. The highest BCUT2D eigenvalue weighted by atomic mass is 16.2. The molecule has 0 bridgehead atoms. The lowest BCUT2D eigenvalue weighted by Crippen LogP contribution is -2.49. The van der Waals surface area contributed by atoms with Crippen LogP contribution in [0.15, 0.2) is 24.5 Å². The van der Waals surface area contributed by atoms with Gasteiger partial charge >= 0.3 is 0 Å². The van der Waals surface area contributed by atoms with Crippen molar-refractivity contribution in [1.29, 1.82) is 0 Å². The second-order valence-electron chi connectivity index (χ2n) is 7.28. The highest BCUT2D eigenvalue weighted by molar-refractivity contribution is 5.93. The van der Waals surface area contributed by atoms with E-state index >= 15 is 0 Å². The van der Waals surface area contributed by atoms with E-state index < -0.39 is 0 Å². The number of aromatic nitrogens is 4. The van der Waals surface area contributed by atoms with Crippen molar-refractivity contribution in [3.8, 4) is 0 Å². The van der Waals surface area contributed by atoms with Gasteiger partial charge in [-0.05, 0) is 20.0 Å². The van der Waals surface area contributed by atoms with E-state index in [9.17, 15) is 4.79 Å². The molecule has 2 aliphatic rings. The zero-order chi connectivity index (χ0) is 19.5. The minimum Gasteiger partial charge on any atom is -0.354 e. The first kappa shape index (κ1) is 18.5. The van der Waals surface area contributed by atoms with Crippen LogP contribution in [-0.2, 0) is 0 Å². The van der Waals surface area contributed by atoms with Crippen molar-refractivity contribution in [2.75, 3.05) is 69.2 Å². The summed E-state index contributed by atoms with van der Waals surface area (Å²) in [5, 5.41) is 0. The number of nitrogens with zero attached hydrogens (tertiary/aromatic N) is 8. The normalized spacial score (nSPS) is 18.4. The van der Waals surface area contributed by atoms with E-state index in [1.165, 1.54) is 0 Å². The van der Waals surface area contributed by atoms with Crippen LogP contribution >= 0.6 is 0 Å². The molecule has 2 aliphatic heterocycles. The second kappa shape index (κ2) is 8.05. The van der Waals surface area contributed by atoms with Gasteiger partial charge in [-0.15, -0.1) is 0 Å². The van der Waals surface area contributed by atoms with E-state index in [1.54, 1.807) is 18.5 Å². The molecule has 4 heterocycles. The van der Waals surface area contributed by atoms with Gasteiger partial charge < -0.3 is 19.6 Å². The van der Waals surface area contributed by atoms with Gasteiger partial charge in [0.25, 0.3) is 5.91 Å². The van der Waals surface area contributed by atoms with Gasteiger partial charge in [-0.3, -0.25) is 4.79 Å². The maximum Gasteiger partial charge on any atom is 0.272 e. The molecule has 0 spiro atoms. The fraction of sp³-hybridized carbons (Fsp3) is 0.526. The highest BCUT2D eigenvalue weighted by Crippen LogP contribution is 2.17. The minimum absolute atomic E-state index is 0.0329. The maximum atomic E-state index is 13.0. The van der Waals surface area contributed by atoms with Gasteiger partial charge in [0.05, 0.1) is 0 Å². The van der Waals surface area contributed by atoms with Crippen molar-refractivity contribution in [1.82, 2.24) is 29.7 Å². The summed E-state index contributed by atoms with van der Waals surface area (Å²) >= 11 is 0. The van der Waals surface area contributed by atoms with Crippen molar-refractivity contribution in [2.45, 2.75) is 6.92 Å². The molecule has 9 nitrogen and oxygen atoms in total. The molecule has 2 aromatic heterocycles. The molecule has 0 aliphatic carbocycles. The summed E-state index contributed by atoms with van der Waals surface area (Å²) < 4.78 is 0. The van der Waals surface area contributed by atoms with Crippen LogP contribution in [0.3, 0.4) is 0 Å². The lowest BCUT2D eigenvalue weighted by molar-refractivity contribution is 0.0740. The smallest absolute Gasteiger partial charge is 0.272 e. The fourth-order valence-electron chi connectivity index (χ4n) is 3.59. The van der Waals surface area contributed by atoms with Gasteiger partial charge in [-0.25, -0.2) is 19.9 Å². The number of carbonyl (C=O) groups excluding carboxylic acids is 1. The standard InChI is InChI=1S/C19H26N8O/c1-15-22-16(14-17(23-15)25-8-6-24(2)7-9-25)18(28)26-10-12-27(13-11-26)19-20-4-3-5-21-19/h3-5,14H,6-13H2,1-2H3. The van der Waals surface area contributed by atoms with Crippen LogP contribution in [0.4, 0.5) is 11.8 Å². The average Bonchev–Trinajstić information content (AvgIpc) is 2.74. The van der Waals surface area contributed by atoms with Crippen molar-refractivity contribution in [3.63, 3.8) is 0 Å². The van der Waals surface area contributed by atoms with Crippen molar-refractivity contribution >= 4 is 17.7 Å². The molecule has 2 aromatic rings. The fourth-order valence-corrected chi connectivity index (χ4v) is 3.59. The van der Waals surface area contributed by atoms with E-state index in [4.69, 9.17) is 0 Å². The van der Waals surface area contributed by atoms with Gasteiger partial charge in [0.1, 0.15) is 17.3 Å². The van der Waals surface area contributed by atoms with E-state index in [0.29, 0.717) is 43.6 Å². The van der Waals surface area contributed by atoms with E-state index in [2.05, 4.69) is 41.7 Å². The zero-order valence-electron chi connectivity index (χ0n) is 16.5. The number of amides is 1. The quantitative estimate of drug-likeness (QED) is 0.749. The average molecular weight is 382 g/mol. The highest BCUT2D eigenvalue weighted by Gasteiger charge is 2.25. The van der Waals surface area contributed by atoms with Crippen LogP contribution in [0, 0.1) is 6.92 Å². The number of rotatable bonds is 3. The van der Waals surface area contributed by atoms with Crippen molar-refractivity contribution in [2.24, 2.45) is 0 Å². The summed E-state index contributed by atoms with van der Waals surface area (Å²) in [5.74, 6) is 2.16. The number of hydrogen-bond donors (Lipinski definition) is 0. The molecule has 0 radical (unpaired) electrons. The van der Waals surface area contributed by atoms with Gasteiger partial charge in [0, 0.05) is 70.8 Å². The third kappa shape index (κ3) is 4.04. The topological polar surface area (TPSA) is 81.6 Å². The molecule has 0 unspecified atom stereocenters. The van der Waals surface area contributed by atoms with E-state index in [-0.39, 0.29) is 5.91 Å². The van der Waals surface area contributed by atoms with Crippen LogP contribution in [0.5, 0.6) is 0 Å². The first-order chi connectivity index (χ1) is 13.6. The van der Waals surface area contributed by atoms with Crippen LogP contribution in [0.1, 0.15) is 16.3 Å². The Bertz CT molecular complexity index is 814. The lowest BCUT2D eigenvalue weighted by atomic mass is 10.2. The first-order valence-corrected chi connectivity index (χ1v) is 9.70. The Balaban J connectivity index is 1.43.